The molecule has 150 valence electrons. The highest BCUT2D eigenvalue weighted by Crippen LogP contribution is 2.52. The van der Waals surface area contributed by atoms with Gasteiger partial charge in [-0.2, -0.15) is 0 Å². The molecule has 0 bridgehead atoms. The van der Waals surface area contributed by atoms with Crippen LogP contribution in [0.4, 0.5) is 0 Å². The van der Waals surface area contributed by atoms with Crippen molar-refractivity contribution in [1.82, 2.24) is 19.6 Å². The molecule has 1 aliphatic carbocycles. The molecule has 4 fully saturated rings. The maximum absolute atomic E-state index is 2.81. The molecule has 0 N–H and O–H groups in total. The molecular weight excluding hydrogens is 320 g/mol. The zero-order valence-corrected chi connectivity index (χ0v) is 17.8. The molecule has 3 saturated heterocycles. The molecule has 3 heterocycles. The molecule has 4 nitrogen and oxygen atoms in total. The number of nitrogens with zero attached hydrogens (tertiary/aromatic N) is 4. The maximum atomic E-state index is 2.81. The van der Waals surface area contributed by atoms with Crippen LogP contribution in [0.15, 0.2) is 0 Å². The number of hydrogen-bond acceptors (Lipinski definition) is 4. The van der Waals surface area contributed by atoms with Crippen LogP contribution in [0.1, 0.15) is 53.4 Å². The monoisotopic (exact) mass is 362 g/mol. The van der Waals surface area contributed by atoms with E-state index < -0.39 is 0 Å². The number of likely N-dealkylation sites (tertiary alicyclic amines) is 2. The Hall–Kier alpha value is -0.160. The van der Waals surface area contributed by atoms with Gasteiger partial charge in [0.2, 0.25) is 0 Å². The van der Waals surface area contributed by atoms with E-state index in [0.29, 0.717) is 0 Å². The van der Waals surface area contributed by atoms with Crippen molar-refractivity contribution in [3.8, 4) is 0 Å². The summed E-state index contributed by atoms with van der Waals surface area (Å²) in [6.07, 6.45) is 5.78. The molecule has 0 radical (unpaired) electrons. The van der Waals surface area contributed by atoms with Gasteiger partial charge in [-0.1, -0.05) is 0 Å². The first-order valence-corrected chi connectivity index (χ1v) is 11.4. The molecule has 1 spiro atoms. The third kappa shape index (κ3) is 3.99. The predicted octanol–water partition coefficient (Wildman–Crippen LogP) is 2.60. The average Bonchev–Trinajstić information content (AvgIpc) is 2.56. The van der Waals surface area contributed by atoms with Gasteiger partial charge in [0.15, 0.2) is 0 Å². The first kappa shape index (κ1) is 19.2. The number of piperidine rings is 1. The van der Waals surface area contributed by atoms with Gasteiger partial charge in [0, 0.05) is 63.9 Å². The molecule has 0 aromatic carbocycles. The van der Waals surface area contributed by atoms with Gasteiger partial charge < -0.3 is 9.80 Å². The van der Waals surface area contributed by atoms with Gasteiger partial charge in [0.25, 0.3) is 0 Å². The lowest BCUT2D eigenvalue weighted by Crippen LogP contribution is -2.65. The van der Waals surface area contributed by atoms with Crippen LogP contribution in [0.5, 0.6) is 0 Å². The summed E-state index contributed by atoms with van der Waals surface area (Å²) in [6, 6.07) is 2.33. The van der Waals surface area contributed by atoms with Crippen molar-refractivity contribution in [3.63, 3.8) is 0 Å². The first-order chi connectivity index (χ1) is 12.4. The Balaban J connectivity index is 1.12. The molecule has 0 aromatic heterocycles. The van der Waals surface area contributed by atoms with Crippen LogP contribution in [0.2, 0.25) is 0 Å². The van der Waals surface area contributed by atoms with E-state index in [9.17, 15) is 0 Å². The third-order valence-corrected chi connectivity index (χ3v) is 7.92. The van der Waals surface area contributed by atoms with Crippen molar-refractivity contribution in [2.24, 2.45) is 11.3 Å². The summed E-state index contributed by atoms with van der Waals surface area (Å²) in [5.74, 6) is 0.991. The van der Waals surface area contributed by atoms with Crippen molar-refractivity contribution in [3.05, 3.63) is 0 Å². The van der Waals surface area contributed by atoms with Crippen molar-refractivity contribution < 1.29 is 0 Å². The molecule has 0 aromatic rings. The van der Waals surface area contributed by atoms with Gasteiger partial charge in [-0.3, -0.25) is 9.80 Å². The van der Waals surface area contributed by atoms with E-state index in [1.165, 1.54) is 84.6 Å². The summed E-state index contributed by atoms with van der Waals surface area (Å²) in [5, 5.41) is 0. The van der Waals surface area contributed by atoms with E-state index in [0.717, 1.165) is 29.5 Å². The molecule has 0 unspecified atom stereocenters. The second-order valence-electron chi connectivity index (χ2n) is 10.5. The van der Waals surface area contributed by atoms with Crippen molar-refractivity contribution >= 4 is 0 Å². The minimum absolute atomic E-state index is 0.724. The first-order valence-electron chi connectivity index (χ1n) is 11.4. The lowest BCUT2D eigenvalue weighted by atomic mass is 9.57. The Morgan fingerprint density at radius 2 is 1.35 bits per heavy atom. The van der Waals surface area contributed by atoms with E-state index in [1.807, 2.05) is 0 Å². The van der Waals surface area contributed by atoms with Crippen LogP contribution in [-0.4, -0.2) is 96.6 Å². The van der Waals surface area contributed by atoms with Crippen LogP contribution in [0, 0.1) is 11.3 Å². The lowest BCUT2D eigenvalue weighted by Gasteiger charge is -2.61. The maximum Gasteiger partial charge on any atom is 0.0121 e. The van der Waals surface area contributed by atoms with Crippen molar-refractivity contribution in [2.45, 2.75) is 71.5 Å². The summed E-state index contributed by atoms with van der Waals surface area (Å²) in [7, 11) is 0. The quantitative estimate of drug-likeness (QED) is 0.745. The number of piperazine rings is 1. The van der Waals surface area contributed by atoms with Crippen LogP contribution >= 0.6 is 0 Å². The number of hydrogen-bond donors (Lipinski definition) is 0. The normalized spacial score (nSPS) is 30.2. The Morgan fingerprint density at radius 3 is 1.88 bits per heavy atom. The summed E-state index contributed by atoms with van der Waals surface area (Å²) < 4.78 is 0. The minimum atomic E-state index is 0.724. The largest absolute Gasteiger partial charge is 0.301 e. The van der Waals surface area contributed by atoms with E-state index >= 15 is 0 Å². The summed E-state index contributed by atoms with van der Waals surface area (Å²) in [6.45, 7) is 21.4. The second-order valence-corrected chi connectivity index (χ2v) is 10.5. The van der Waals surface area contributed by atoms with Crippen LogP contribution in [0.3, 0.4) is 0 Å². The van der Waals surface area contributed by atoms with Gasteiger partial charge in [0.1, 0.15) is 0 Å². The van der Waals surface area contributed by atoms with Crippen molar-refractivity contribution in [1.29, 1.82) is 0 Å². The fraction of sp³-hybridized carbons (Fsp3) is 1.00. The van der Waals surface area contributed by atoms with Gasteiger partial charge in [-0.15, -0.1) is 0 Å². The Bertz CT molecular complexity index is 447. The average molecular weight is 363 g/mol. The third-order valence-electron chi connectivity index (χ3n) is 7.92. The molecule has 0 atom stereocenters. The molecule has 0 amide bonds. The molecule has 1 saturated carbocycles. The zero-order valence-electron chi connectivity index (χ0n) is 17.8. The van der Waals surface area contributed by atoms with Gasteiger partial charge in [-0.05, 0) is 77.8 Å². The Kier molecular flexibility index (Phi) is 5.67. The highest BCUT2D eigenvalue weighted by atomic mass is 15.3. The molecule has 4 rings (SSSR count). The molecule has 26 heavy (non-hydrogen) atoms. The lowest BCUT2D eigenvalue weighted by molar-refractivity contribution is -0.114. The van der Waals surface area contributed by atoms with E-state index in [1.54, 1.807) is 0 Å². The van der Waals surface area contributed by atoms with Crippen LogP contribution in [-0.2, 0) is 0 Å². The van der Waals surface area contributed by atoms with Gasteiger partial charge >= 0.3 is 0 Å². The Morgan fingerprint density at radius 1 is 0.769 bits per heavy atom. The predicted molar refractivity (Wildman–Crippen MR) is 110 cm³/mol. The second kappa shape index (κ2) is 7.69. The Labute approximate surface area is 161 Å². The summed E-state index contributed by atoms with van der Waals surface area (Å²) in [5.41, 5.74) is 0.737. The molecule has 3 aliphatic heterocycles. The van der Waals surface area contributed by atoms with Crippen LogP contribution in [0.25, 0.3) is 0 Å². The molecule has 4 heteroatoms. The van der Waals surface area contributed by atoms with E-state index in [-0.39, 0.29) is 0 Å². The highest BCUT2D eigenvalue weighted by molar-refractivity contribution is 5.05. The smallest absolute Gasteiger partial charge is 0.0121 e. The molecule has 4 aliphatic rings. The number of rotatable bonds is 5. The van der Waals surface area contributed by atoms with Gasteiger partial charge in [0.05, 0.1) is 0 Å². The standard InChI is InChI=1S/C22H42N4/c1-18(2)24-7-5-21(6-8-24)25-11-9-23(10-12-25)15-20-13-22(14-20)16-26(17-22)19(3)4/h18-21H,5-17H2,1-4H3. The SMILES string of the molecule is CC(C)N1CCC(N2CCN(CC3CC4(C3)CN(C(C)C)C4)CC2)CC1. The topological polar surface area (TPSA) is 13.0 Å². The summed E-state index contributed by atoms with van der Waals surface area (Å²) in [4.78, 5) is 10.9. The van der Waals surface area contributed by atoms with E-state index in [4.69, 9.17) is 0 Å². The molecular formula is C22H42N4. The zero-order chi connectivity index (χ0) is 18.3. The highest BCUT2D eigenvalue weighted by Gasteiger charge is 2.52. The summed E-state index contributed by atoms with van der Waals surface area (Å²) >= 11 is 0. The van der Waals surface area contributed by atoms with E-state index in [2.05, 4.69) is 47.3 Å². The van der Waals surface area contributed by atoms with Crippen LogP contribution < -0.4 is 0 Å². The fourth-order valence-corrected chi connectivity index (χ4v) is 6.18. The fourth-order valence-electron chi connectivity index (χ4n) is 6.18. The van der Waals surface area contributed by atoms with Crippen molar-refractivity contribution in [2.75, 3.05) is 58.9 Å². The van der Waals surface area contributed by atoms with Gasteiger partial charge in [-0.25, -0.2) is 0 Å². The minimum Gasteiger partial charge on any atom is -0.301 e.